The van der Waals surface area contributed by atoms with Crippen molar-refractivity contribution in [2.45, 2.75) is 18.7 Å². The van der Waals surface area contributed by atoms with Gasteiger partial charge in [-0.3, -0.25) is 0 Å². The summed E-state index contributed by atoms with van der Waals surface area (Å²) in [4.78, 5) is 2.15. The summed E-state index contributed by atoms with van der Waals surface area (Å²) in [5, 5.41) is 13.1. The summed E-state index contributed by atoms with van der Waals surface area (Å²) < 4.78 is 0. The van der Waals surface area contributed by atoms with E-state index in [0.717, 1.165) is 19.6 Å². The van der Waals surface area contributed by atoms with Crippen LogP contribution >= 0.6 is 0 Å². The molecule has 1 aliphatic rings. The van der Waals surface area contributed by atoms with Crippen LogP contribution in [-0.4, -0.2) is 42.3 Å². The Kier molecular flexibility index (Phi) is 3.36. The highest BCUT2D eigenvalue weighted by Crippen LogP contribution is 2.08. The summed E-state index contributed by atoms with van der Waals surface area (Å²) in [6.07, 6.45) is -0.237. The van der Waals surface area contributed by atoms with E-state index in [1.54, 1.807) is 0 Å². The highest BCUT2D eigenvalue weighted by atomic mass is 16.3. The highest BCUT2D eigenvalue weighted by molar-refractivity contribution is 5.14. The third kappa shape index (κ3) is 2.78. The molecule has 1 aromatic carbocycles. The molecule has 1 heterocycles. The Bertz CT molecular complexity index is 302. The number of hydrogen-bond acceptors (Lipinski definition) is 3. The Morgan fingerprint density at radius 1 is 1.33 bits per heavy atom. The van der Waals surface area contributed by atoms with E-state index in [9.17, 15) is 5.11 Å². The topological polar surface area (TPSA) is 35.5 Å². The van der Waals surface area contributed by atoms with Gasteiger partial charge in [0.1, 0.15) is 0 Å². The fraction of sp³-hybridized carbons (Fsp3) is 0.500. The molecule has 1 aromatic rings. The summed E-state index contributed by atoms with van der Waals surface area (Å²) in [5.41, 5.74) is 1.26. The second-order valence-electron chi connectivity index (χ2n) is 4.26. The van der Waals surface area contributed by atoms with Gasteiger partial charge in [0.25, 0.3) is 0 Å². The molecule has 82 valence electrons. The summed E-state index contributed by atoms with van der Waals surface area (Å²) in [5.74, 6) is 0. The van der Waals surface area contributed by atoms with E-state index in [1.165, 1.54) is 5.56 Å². The minimum atomic E-state index is -0.237. The third-order valence-corrected chi connectivity index (χ3v) is 2.88. The first-order valence-electron chi connectivity index (χ1n) is 5.39. The van der Waals surface area contributed by atoms with Crippen LogP contribution < -0.4 is 5.32 Å². The monoisotopic (exact) mass is 206 g/mol. The van der Waals surface area contributed by atoms with Gasteiger partial charge < -0.3 is 15.3 Å². The maximum atomic E-state index is 9.73. The Balaban J connectivity index is 1.84. The first-order valence-corrected chi connectivity index (χ1v) is 5.39. The number of likely N-dealkylation sites (N-methyl/N-ethyl adjacent to an activating group) is 1. The van der Waals surface area contributed by atoms with Gasteiger partial charge in [-0.25, -0.2) is 0 Å². The molecule has 0 saturated carbocycles. The first kappa shape index (κ1) is 10.6. The molecule has 1 saturated heterocycles. The molecule has 1 aliphatic heterocycles. The molecule has 2 N–H and O–H groups in total. The fourth-order valence-corrected chi connectivity index (χ4v) is 2.02. The first-order chi connectivity index (χ1) is 7.25. The number of β-amino-alcohol motifs (C(OH)–C–C–N with tert-alkyl or cyclic N) is 1. The van der Waals surface area contributed by atoms with Gasteiger partial charge in [-0.05, 0) is 12.6 Å². The molecule has 15 heavy (non-hydrogen) atoms. The van der Waals surface area contributed by atoms with Crippen molar-refractivity contribution >= 4 is 0 Å². The number of aliphatic hydroxyl groups excluding tert-OH is 1. The molecule has 2 unspecified atom stereocenters. The number of likely N-dealkylation sites (tertiary alicyclic amines) is 1. The highest BCUT2D eigenvalue weighted by Gasteiger charge is 2.28. The van der Waals surface area contributed by atoms with Crippen molar-refractivity contribution in [1.82, 2.24) is 10.2 Å². The molecule has 0 aromatic heterocycles. The zero-order valence-corrected chi connectivity index (χ0v) is 9.06. The van der Waals surface area contributed by atoms with Crippen LogP contribution in [0.5, 0.6) is 0 Å². The van der Waals surface area contributed by atoms with E-state index in [-0.39, 0.29) is 12.1 Å². The molecular weight excluding hydrogens is 188 g/mol. The largest absolute Gasteiger partial charge is 0.390 e. The zero-order valence-electron chi connectivity index (χ0n) is 9.06. The average Bonchev–Trinajstić information content (AvgIpc) is 2.56. The normalized spacial score (nSPS) is 27.1. The van der Waals surface area contributed by atoms with Crippen molar-refractivity contribution in [3.63, 3.8) is 0 Å². The van der Waals surface area contributed by atoms with E-state index in [4.69, 9.17) is 0 Å². The van der Waals surface area contributed by atoms with Crippen LogP contribution in [0, 0.1) is 0 Å². The Morgan fingerprint density at radius 3 is 2.67 bits per heavy atom. The van der Waals surface area contributed by atoms with E-state index in [2.05, 4.69) is 22.3 Å². The second kappa shape index (κ2) is 4.75. The van der Waals surface area contributed by atoms with Crippen molar-refractivity contribution in [3.05, 3.63) is 35.9 Å². The predicted octanol–water partition coefficient (Wildman–Crippen LogP) is 0.451. The van der Waals surface area contributed by atoms with Gasteiger partial charge in [0.15, 0.2) is 0 Å². The van der Waals surface area contributed by atoms with Gasteiger partial charge in [0.05, 0.1) is 6.10 Å². The van der Waals surface area contributed by atoms with Gasteiger partial charge in [0.2, 0.25) is 0 Å². The van der Waals surface area contributed by atoms with Crippen molar-refractivity contribution in [2.75, 3.05) is 20.1 Å². The molecule has 2 rings (SSSR count). The van der Waals surface area contributed by atoms with Crippen molar-refractivity contribution in [3.8, 4) is 0 Å². The summed E-state index contributed by atoms with van der Waals surface area (Å²) in [7, 11) is 2.04. The number of hydrogen-bond donors (Lipinski definition) is 2. The van der Waals surface area contributed by atoms with Crippen LogP contribution in [0.2, 0.25) is 0 Å². The number of nitrogens with zero attached hydrogens (tertiary/aromatic N) is 1. The molecule has 0 bridgehead atoms. The molecule has 0 radical (unpaired) electrons. The standard InChI is InChI=1S/C12H18N2O/c1-14-8-11(12(15)9-14)13-7-10-5-3-2-4-6-10/h2-6,11-13,15H,7-9H2,1H3. The van der Waals surface area contributed by atoms with Crippen molar-refractivity contribution in [2.24, 2.45) is 0 Å². The van der Waals surface area contributed by atoms with Crippen LogP contribution in [0.3, 0.4) is 0 Å². The average molecular weight is 206 g/mol. The number of rotatable bonds is 3. The van der Waals surface area contributed by atoms with E-state index in [0.29, 0.717) is 0 Å². The summed E-state index contributed by atoms with van der Waals surface area (Å²) in [6.45, 7) is 2.52. The van der Waals surface area contributed by atoms with Crippen molar-refractivity contribution < 1.29 is 5.11 Å². The predicted molar refractivity (Wildman–Crippen MR) is 60.6 cm³/mol. The SMILES string of the molecule is CN1CC(O)C(NCc2ccccc2)C1. The molecule has 3 heteroatoms. The Labute approximate surface area is 90.7 Å². The van der Waals surface area contributed by atoms with Gasteiger partial charge in [0, 0.05) is 25.7 Å². The number of benzene rings is 1. The Morgan fingerprint density at radius 2 is 2.07 bits per heavy atom. The van der Waals surface area contributed by atoms with E-state index >= 15 is 0 Å². The van der Waals surface area contributed by atoms with Gasteiger partial charge in [-0.15, -0.1) is 0 Å². The second-order valence-corrected chi connectivity index (χ2v) is 4.26. The molecule has 0 amide bonds. The van der Waals surface area contributed by atoms with Gasteiger partial charge >= 0.3 is 0 Å². The van der Waals surface area contributed by atoms with Crippen LogP contribution in [-0.2, 0) is 6.54 Å². The minimum absolute atomic E-state index is 0.204. The molecule has 1 fully saturated rings. The lowest BCUT2D eigenvalue weighted by Gasteiger charge is -2.15. The fourth-order valence-electron chi connectivity index (χ4n) is 2.02. The molecular formula is C12H18N2O. The number of nitrogens with one attached hydrogen (secondary N) is 1. The zero-order chi connectivity index (χ0) is 10.7. The Hall–Kier alpha value is -0.900. The lowest BCUT2D eigenvalue weighted by Crippen LogP contribution is -2.38. The molecule has 0 spiro atoms. The lowest BCUT2D eigenvalue weighted by atomic mass is 10.2. The summed E-state index contributed by atoms with van der Waals surface area (Å²) in [6, 6.07) is 10.5. The minimum Gasteiger partial charge on any atom is -0.390 e. The third-order valence-electron chi connectivity index (χ3n) is 2.88. The van der Waals surface area contributed by atoms with Crippen LogP contribution in [0.4, 0.5) is 0 Å². The lowest BCUT2D eigenvalue weighted by molar-refractivity contribution is 0.156. The molecule has 0 aliphatic carbocycles. The number of aliphatic hydroxyl groups is 1. The maximum Gasteiger partial charge on any atom is 0.0832 e. The quantitative estimate of drug-likeness (QED) is 0.754. The summed E-state index contributed by atoms with van der Waals surface area (Å²) >= 11 is 0. The van der Waals surface area contributed by atoms with Gasteiger partial charge in [-0.2, -0.15) is 0 Å². The van der Waals surface area contributed by atoms with E-state index in [1.807, 2.05) is 25.2 Å². The molecule has 3 nitrogen and oxygen atoms in total. The smallest absolute Gasteiger partial charge is 0.0832 e. The van der Waals surface area contributed by atoms with Crippen molar-refractivity contribution in [1.29, 1.82) is 0 Å². The van der Waals surface area contributed by atoms with Crippen LogP contribution in [0.1, 0.15) is 5.56 Å². The van der Waals surface area contributed by atoms with Crippen LogP contribution in [0.15, 0.2) is 30.3 Å². The van der Waals surface area contributed by atoms with Crippen LogP contribution in [0.25, 0.3) is 0 Å². The molecule has 2 atom stereocenters. The maximum absolute atomic E-state index is 9.73. The van der Waals surface area contributed by atoms with E-state index < -0.39 is 0 Å². The van der Waals surface area contributed by atoms with Gasteiger partial charge in [-0.1, -0.05) is 30.3 Å².